The number of primary amides is 1. The van der Waals surface area contributed by atoms with Crippen LogP contribution in [-0.2, 0) is 9.59 Å². The van der Waals surface area contributed by atoms with E-state index in [2.05, 4.69) is 10.2 Å². The summed E-state index contributed by atoms with van der Waals surface area (Å²) in [6, 6.07) is 17.1. The molecule has 2 amide bonds. The van der Waals surface area contributed by atoms with Crippen LogP contribution in [0.15, 0.2) is 66.1 Å². The van der Waals surface area contributed by atoms with Crippen molar-refractivity contribution in [2.45, 2.75) is 18.5 Å². The van der Waals surface area contributed by atoms with E-state index in [1.54, 1.807) is 11.2 Å². The van der Waals surface area contributed by atoms with Crippen LogP contribution in [0.3, 0.4) is 0 Å². The van der Waals surface area contributed by atoms with E-state index in [-0.39, 0.29) is 24.6 Å². The summed E-state index contributed by atoms with van der Waals surface area (Å²) in [6.07, 6.45) is 1.74. The number of carbonyl (C=O) groups excluding carboxylic acids is 2. The highest BCUT2D eigenvalue weighted by atomic mass is 32.2. The Morgan fingerprint density at radius 3 is 2.54 bits per heavy atom. The zero-order valence-corrected chi connectivity index (χ0v) is 16.3. The molecule has 3 rings (SSSR count). The summed E-state index contributed by atoms with van der Waals surface area (Å²) in [4.78, 5) is 25.6. The number of amides is 2. The van der Waals surface area contributed by atoms with Crippen LogP contribution in [0.4, 0.5) is 5.69 Å². The minimum atomic E-state index is -0.444. The lowest BCUT2D eigenvalue weighted by Gasteiger charge is -2.22. The van der Waals surface area contributed by atoms with Gasteiger partial charge in [0, 0.05) is 18.7 Å². The Bertz CT molecular complexity index is 958. The van der Waals surface area contributed by atoms with Crippen molar-refractivity contribution >= 4 is 29.3 Å². The van der Waals surface area contributed by atoms with Gasteiger partial charge in [-0.15, -0.1) is 10.2 Å². The average molecular weight is 395 g/mol. The molecule has 0 spiro atoms. The quantitative estimate of drug-likeness (QED) is 0.592. The molecule has 144 valence electrons. The summed E-state index contributed by atoms with van der Waals surface area (Å²) in [5.41, 5.74) is 8.05. The molecule has 2 aromatic carbocycles. The van der Waals surface area contributed by atoms with Crippen molar-refractivity contribution < 1.29 is 9.59 Å². The number of aromatic nitrogens is 3. The first-order valence-corrected chi connectivity index (χ1v) is 9.77. The van der Waals surface area contributed by atoms with E-state index in [9.17, 15) is 9.59 Å². The molecule has 0 aliphatic carbocycles. The summed E-state index contributed by atoms with van der Waals surface area (Å²) in [6.45, 7) is 2.25. The van der Waals surface area contributed by atoms with Gasteiger partial charge in [0.15, 0.2) is 5.16 Å². The van der Waals surface area contributed by atoms with Crippen LogP contribution < -0.4 is 10.6 Å². The van der Waals surface area contributed by atoms with Gasteiger partial charge in [-0.2, -0.15) is 0 Å². The van der Waals surface area contributed by atoms with Gasteiger partial charge >= 0.3 is 0 Å². The number of hydrogen-bond acceptors (Lipinski definition) is 5. The maximum absolute atomic E-state index is 12.9. The molecule has 0 unspecified atom stereocenters. The zero-order chi connectivity index (χ0) is 19.9. The molecular weight excluding hydrogens is 374 g/mol. The smallest absolute Gasteiger partial charge is 0.237 e. The number of benzene rings is 2. The molecule has 0 aliphatic rings. The second kappa shape index (κ2) is 9.18. The van der Waals surface area contributed by atoms with E-state index in [0.29, 0.717) is 5.16 Å². The number of hydrogen-bond donors (Lipinski definition) is 1. The van der Waals surface area contributed by atoms with Crippen molar-refractivity contribution in [3.05, 3.63) is 66.5 Å². The lowest BCUT2D eigenvalue weighted by Crippen LogP contribution is -2.35. The van der Waals surface area contributed by atoms with Crippen molar-refractivity contribution in [3.8, 4) is 5.69 Å². The van der Waals surface area contributed by atoms with E-state index in [0.717, 1.165) is 16.9 Å². The first-order valence-electron chi connectivity index (χ1n) is 8.79. The summed E-state index contributed by atoms with van der Waals surface area (Å²) in [5, 5.41) is 8.76. The van der Waals surface area contributed by atoms with Crippen LogP contribution in [0, 0.1) is 6.92 Å². The molecule has 1 aromatic heterocycles. The van der Waals surface area contributed by atoms with Gasteiger partial charge in [0.25, 0.3) is 0 Å². The number of nitrogens with zero attached hydrogens (tertiary/aromatic N) is 4. The fraction of sp³-hybridized carbons (Fsp3) is 0.200. The van der Waals surface area contributed by atoms with Crippen LogP contribution in [0.2, 0.25) is 0 Å². The Hall–Kier alpha value is -3.13. The molecule has 0 radical (unpaired) electrons. The monoisotopic (exact) mass is 395 g/mol. The van der Waals surface area contributed by atoms with Crippen molar-refractivity contribution in [2.75, 3.05) is 17.2 Å². The Morgan fingerprint density at radius 2 is 1.82 bits per heavy atom. The standard InChI is InChI=1S/C20H21N5O2S/c1-15-7-5-6-10-17(15)25-14-22-23-20(25)28-13-19(27)24(12-11-18(21)26)16-8-3-2-4-9-16/h2-10,14H,11-13H2,1H3,(H2,21,26). The highest BCUT2D eigenvalue weighted by Gasteiger charge is 2.18. The molecule has 3 aromatic rings. The third-order valence-corrected chi connectivity index (χ3v) is 5.09. The Kier molecular flexibility index (Phi) is 6.44. The zero-order valence-electron chi connectivity index (χ0n) is 15.5. The van der Waals surface area contributed by atoms with Crippen LogP contribution in [0.1, 0.15) is 12.0 Å². The molecule has 2 N–H and O–H groups in total. The van der Waals surface area contributed by atoms with Crippen molar-refractivity contribution in [2.24, 2.45) is 5.73 Å². The average Bonchev–Trinajstić information content (AvgIpc) is 3.16. The number of para-hydroxylation sites is 2. The molecule has 0 aliphatic heterocycles. The maximum Gasteiger partial charge on any atom is 0.237 e. The van der Waals surface area contributed by atoms with E-state index in [1.807, 2.05) is 66.1 Å². The van der Waals surface area contributed by atoms with Crippen molar-refractivity contribution in [1.82, 2.24) is 14.8 Å². The predicted octanol–water partition coefficient (Wildman–Crippen LogP) is 2.58. The van der Waals surface area contributed by atoms with Gasteiger partial charge in [0.1, 0.15) is 6.33 Å². The molecule has 0 atom stereocenters. The SMILES string of the molecule is Cc1ccccc1-n1cnnc1SCC(=O)N(CCC(N)=O)c1ccccc1. The maximum atomic E-state index is 12.9. The number of aryl methyl sites for hydroxylation is 1. The van der Waals surface area contributed by atoms with Crippen molar-refractivity contribution in [1.29, 1.82) is 0 Å². The molecule has 0 saturated heterocycles. The van der Waals surface area contributed by atoms with E-state index in [1.165, 1.54) is 11.8 Å². The highest BCUT2D eigenvalue weighted by Crippen LogP contribution is 2.23. The lowest BCUT2D eigenvalue weighted by molar-refractivity contribution is -0.118. The van der Waals surface area contributed by atoms with E-state index < -0.39 is 5.91 Å². The normalized spacial score (nSPS) is 10.6. The fourth-order valence-corrected chi connectivity index (χ4v) is 3.55. The summed E-state index contributed by atoms with van der Waals surface area (Å²) in [7, 11) is 0. The topological polar surface area (TPSA) is 94.1 Å². The molecule has 1 heterocycles. The number of nitrogens with two attached hydrogens (primary N) is 1. The predicted molar refractivity (Wildman–Crippen MR) is 109 cm³/mol. The number of rotatable bonds is 8. The molecule has 28 heavy (non-hydrogen) atoms. The summed E-state index contributed by atoms with van der Waals surface area (Å²) in [5.74, 6) is -0.407. The van der Waals surface area contributed by atoms with Gasteiger partial charge < -0.3 is 10.6 Å². The fourth-order valence-electron chi connectivity index (χ4n) is 2.75. The van der Waals surface area contributed by atoms with Crippen LogP contribution in [-0.4, -0.2) is 38.9 Å². The lowest BCUT2D eigenvalue weighted by atomic mass is 10.2. The Balaban J connectivity index is 1.74. The first kappa shape index (κ1) is 19.6. The molecule has 0 bridgehead atoms. The number of carbonyl (C=O) groups is 2. The minimum Gasteiger partial charge on any atom is -0.370 e. The second-order valence-electron chi connectivity index (χ2n) is 6.16. The van der Waals surface area contributed by atoms with Gasteiger partial charge in [0.05, 0.1) is 11.4 Å². The Labute approximate surface area is 167 Å². The largest absolute Gasteiger partial charge is 0.370 e. The van der Waals surface area contributed by atoms with Gasteiger partial charge in [-0.3, -0.25) is 14.2 Å². The highest BCUT2D eigenvalue weighted by molar-refractivity contribution is 7.99. The van der Waals surface area contributed by atoms with Gasteiger partial charge in [-0.1, -0.05) is 48.2 Å². The van der Waals surface area contributed by atoms with Gasteiger partial charge in [-0.25, -0.2) is 0 Å². The number of anilines is 1. The molecular formula is C20H21N5O2S. The van der Waals surface area contributed by atoms with E-state index in [4.69, 9.17) is 5.73 Å². The summed E-state index contributed by atoms with van der Waals surface area (Å²) >= 11 is 1.30. The Morgan fingerprint density at radius 1 is 1.11 bits per heavy atom. The molecule has 0 saturated carbocycles. The van der Waals surface area contributed by atoms with Crippen molar-refractivity contribution in [3.63, 3.8) is 0 Å². The summed E-state index contributed by atoms with van der Waals surface area (Å²) < 4.78 is 1.86. The van der Waals surface area contributed by atoms with Crippen LogP contribution in [0.5, 0.6) is 0 Å². The molecule has 7 nitrogen and oxygen atoms in total. The van der Waals surface area contributed by atoms with Gasteiger partial charge in [0.2, 0.25) is 11.8 Å². The third-order valence-electron chi connectivity index (χ3n) is 4.17. The van der Waals surface area contributed by atoms with Crippen LogP contribution in [0.25, 0.3) is 5.69 Å². The van der Waals surface area contributed by atoms with Crippen LogP contribution >= 0.6 is 11.8 Å². The number of thioether (sulfide) groups is 1. The second-order valence-corrected chi connectivity index (χ2v) is 7.10. The molecule has 0 fully saturated rings. The first-order chi connectivity index (χ1) is 13.6. The minimum absolute atomic E-state index is 0.102. The third kappa shape index (κ3) is 4.77. The van der Waals surface area contributed by atoms with E-state index >= 15 is 0 Å². The van der Waals surface area contributed by atoms with Gasteiger partial charge in [-0.05, 0) is 30.7 Å². The molecule has 8 heteroatoms.